The molecular formula is C20H21ClN4O3. The first kappa shape index (κ1) is 19.9. The van der Waals surface area contributed by atoms with Crippen molar-refractivity contribution in [3.05, 3.63) is 65.5 Å². The van der Waals surface area contributed by atoms with Crippen molar-refractivity contribution in [3.63, 3.8) is 0 Å². The summed E-state index contributed by atoms with van der Waals surface area (Å²) in [6, 6.07) is 11.3. The Morgan fingerprint density at radius 2 is 2.07 bits per heavy atom. The van der Waals surface area contributed by atoms with Crippen molar-refractivity contribution >= 4 is 17.5 Å². The number of hydrogen-bond acceptors (Lipinski definition) is 5. The Morgan fingerprint density at radius 1 is 1.25 bits per heavy atom. The molecule has 0 bridgehead atoms. The van der Waals surface area contributed by atoms with Gasteiger partial charge in [-0.2, -0.15) is 0 Å². The fourth-order valence-electron chi connectivity index (χ4n) is 2.87. The molecule has 2 atom stereocenters. The Kier molecular flexibility index (Phi) is 6.28. The molecule has 146 valence electrons. The zero-order valence-corrected chi connectivity index (χ0v) is 16.1. The maximum atomic E-state index is 11.2. The van der Waals surface area contributed by atoms with E-state index in [9.17, 15) is 9.90 Å². The smallest absolute Gasteiger partial charge is 0.266 e. The summed E-state index contributed by atoms with van der Waals surface area (Å²) in [7, 11) is 0. The second-order valence-corrected chi connectivity index (χ2v) is 6.82. The van der Waals surface area contributed by atoms with Crippen molar-refractivity contribution in [1.29, 1.82) is 0 Å². The topological polar surface area (TPSA) is 114 Å². The van der Waals surface area contributed by atoms with Gasteiger partial charge in [-0.1, -0.05) is 23.7 Å². The zero-order valence-electron chi connectivity index (χ0n) is 15.3. The van der Waals surface area contributed by atoms with Gasteiger partial charge in [0.1, 0.15) is 22.4 Å². The first-order valence-electron chi connectivity index (χ1n) is 8.81. The monoisotopic (exact) mass is 400 g/mol. The van der Waals surface area contributed by atoms with E-state index >= 15 is 0 Å². The highest BCUT2D eigenvalue weighted by Crippen LogP contribution is 2.26. The van der Waals surface area contributed by atoms with Crippen molar-refractivity contribution in [3.8, 4) is 16.9 Å². The number of H-pyrrole nitrogens is 1. The van der Waals surface area contributed by atoms with Crippen molar-refractivity contribution in [2.75, 3.05) is 6.61 Å². The number of aliphatic hydroxyl groups is 1. The van der Waals surface area contributed by atoms with Gasteiger partial charge in [0.25, 0.3) is 5.91 Å². The average molecular weight is 401 g/mol. The van der Waals surface area contributed by atoms with Gasteiger partial charge in [-0.05, 0) is 43.2 Å². The summed E-state index contributed by atoms with van der Waals surface area (Å²) < 4.78 is 5.86. The fraction of sp³-hybridized carbons (Fsp3) is 0.250. The molecule has 0 aliphatic carbocycles. The molecule has 3 aromatic rings. The molecule has 2 heterocycles. The summed E-state index contributed by atoms with van der Waals surface area (Å²) in [5.41, 5.74) is 7.35. The lowest BCUT2D eigenvalue weighted by atomic mass is 9.99. The third-order valence-corrected chi connectivity index (χ3v) is 4.61. The van der Waals surface area contributed by atoms with E-state index in [2.05, 4.69) is 15.0 Å². The second kappa shape index (κ2) is 8.86. The van der Waals surface area contributed by atoms with Gasteiger partial charge in [0.15, 0.2) is 0 Å². The van der Waals surface area contributed by atoms with Gasteiger partial charge in [-0.3, -0.25) is 4.79 Å². The third-order valence-electron chi connectivity index (χ3n) is 4.39. The molecule has 3 rings (SSSR count). The lowest BCUT2D eigenvalue weighted by molar-refractivity contribution is 0.0995. The van der Waals surface area contributed by atoms with E-state index < -0.39 is 12.0 Å². The van der Waals surface area contributed by atoms with E-state index in [-0.39, 0.29) is 11.6 Å². The molecule has 2 aromatic heterocycles. The van der Waals surface area contributed by atoms with Crippen LogP contribution in [0.15, 0.2) is 48.8 Å². The predicted molar refractivity (Wildman–Crippen MR) is 106 cm³/mol. The zero-order chi connectivity index (χ0) is 20.1. The molecule has 0 saturated carbocycles. The number of aliphatic hydroxyl groups excluding tert-OH is 1. The summed E-state index contributed by atoms with van der Waals surface area (Å²) in [6.45, 7) is 2.04. The number of benzene rings is 1. The average Bonchev–Trinajstić information content (AvgIpc) is 3.16. The molecule has 0 fully saturated rings. The number of amides is 1. The number of primary amides is 1. The van der Waals surface area contributed by atoms with Crippen LogP contribution in [0.5, 0.6) is 5.75 Å². The van der Waals surface area contributed by atoms with E-state index in [1.807, 2.05) is 30.3 Å². The first-order valence-corrected chi connectivity index (χ1v) is 9.19. The van der Waals surface area contributed by atoms with Gasteiger partial charge < -0.3 is 20.6 Å². The summed E-state index contributed by atoms with van der Waals surface area (Å²) in [4.78, 5) is 22.3. The molecule has 0 saturated heterocycles. The molecule has 4 N–H and O–H groups in total. The number of carbonyl (C=O) groups excluding carboxylic acids is 1. The van der Waals surface area contributed by atoms with E-state index in [1.165, 1.54) is 6.20 Å². The minimum absolute atomic E-state index is 0.214. The molecule has 1 amide bonds. The van der Waals surface area contributed by atoms with Crippen LogP contribution in [0.3, 0.4) is 0 Å². The summed E-state index contributed by atoms with van der Waals surface area (Å²) in [5.74, 6) is 0.312. The van der Waals surface area contributed by atoms with Gasteiger partial charge in [0, 0.05) is 17.7 Å². The Bertz CT molecular complexity index is 941. The Morgan fingerprint density at radius 3 is 2.71 bits per heavy atom. The Labute approximate surface area is 167 Å². The van der Waals surface area contributed by atoms with Crippen molar-refractivity contribution in [1.82, 2.24) is 15.0 Å². The second-order valence-electron chi connectivity index (χ2n) is 6.43. The summed E-state index contributed by atoms with van der Waals surface area (Å²) in [6.07, 6.45) is 2.92. The van der Waals surface area contributed by atoms with Crippen LogP contribution in [-0.2, 0) is 0 Å². The molecule has 8 heteroatoms. The molecule has 7 nitrogen and oxygen atoms in total. The molecule has 0 aliphatic rings. The summed E-state index contributed by atoms with van der Waals surface area (Å²) in [5, 5.41) is 10.5. The normalized spacial score (nSPS) is 13.1. The van der Waals surface area contributed by atoms with Crippen LogP contribution in [0, 0.1) is 0 Å². The number of aromatic amines is 1. The first-order chi connectivity index (χ1) is 13.4. The molecule has 0 unspecified atom stereocenters. The number of nitrogens with two attached hydrogens (primary N) is 1. The lowest BCUT2D eigenvalue weighted by Crippen LogP contribution is -2.19. The van der Waals surface area contributed by atoms with Gasteiger partial charge in [-0.15, -0.1) is 0 Å². The predicted octanol–water partition coefficient (Wildman–Crippen LogP) is 3.16. The highest BCUT2D eigenvalue weighted by atomic mass is 35.5. The van der Waals surface area contributed by atoms with E-state index in [0.29, 0.717) is 29.8 Å². The van der Waals surface area contributed by atoms with Crippen LogP contribution in [0.25, 0.3) is 11.1 Å². The molecule has 1 aromatic carbocycles. The number of hydrogen-bond donors (Lipinski definition) is 3. The van der Waals surface area contributed by atoms with Crippen molar-refractivity contribution in [2.45, 2.75) is 25.4 Å². The van der Waals surface area contributed by atoms with Crippen LogP contribution in [0.4, 0.5) is 0 Å². The van der Waals surface area contributed by atoms with Crippen LogP contribution < -0.4 is 10.5 Å². The van der Waals surface area contributed by atoms with Crippen LogP contribution in [0.1, 0.15) is 35.6 Å². The SMILES string of the molecule is C[C@H](O)[C@H](CCOc1cccc(-c2ccc(Cl)nc2)c1)c1ncc(C(N)=O)[nH]1. The number of imidazole rings is 1. The van der Waals surface area contributed by atoms with Crippen LogP contribution in [0.2, 0.25) is 5.15 Å². The maximum absolute atomic E-state index is 11.2. The Hall–Kier alpha value is -2.90. The largest absolute Gasteiger partial charge is 0.494 e. The van der Waals surface area contributed by atoms with Gasteiger partial charge in [0.05, 0.1) is 18.9 Å². The fourth-order valence-corrected chi connectivity index (χ4v) is 2.98. The van der Waals surface area contributed by atoms with E-state index in [4.69, 9.17) is 22.1 Å². The highest BCUT2D eigenvalue weighted by molar-refractivity contribution is 6.29. The van der Waals surface area contributed by atoms with Crippen molar-refractivity contribution < 1.29 is 14.6 Å². The molecule has 0 aliphatic heterocycles. The number of aromatic nitrogens is 3. The van der Waals surface area contributed by atoms with E-state index in [0.717, 1.165) is 11.1 Å². The minimum Gasteiger partial charge on any atom is -0.494 e. The Balaban J connectivity index is 1.65. The minimum atomic E-state index is -0.665. The molecule has 0 spiro atoms. The molecule has 28 heavy (non-hydrogen) atoms. The lowest BCUT2D eigenvalue weighted by Gasteiger charge is -2.18. The van der Waals surface area contributed by atoms with Gasteiger partial charge >= 0.3 is 0 Å². The summed E-state index contributed by atoms with van der Waals surface area (Å²) >= 11 is 5.83. The highest BCUT2D eigenvalue weighted by Gasteiger charge is 2.21. The number of nitrogens with zero attached hydrogens (tertiary/aromatic N) is 2. The van der Waals surface area contributed by atoms with Crippen LogP contribution >= 0.6 is 11.6 Å². The number of halogens is 1. The third kappa shape index (κ3) is 4.88. The van der Waals surface area contributed by atoms with Crippen LogP contribution in [-0.4, -0.2) is 38.7 Å². The van der Waals surface area contributed by atoms with Gasteiger partial charge in [0.2, 0.25) is 0 Å². The molecule has 0 radical (unpaired) electrons. The number of ether oxygens (including phenoxy) is 1. The quantitative estimate of drug-likeness (QED) is 0.502. The van der Waals surface area contributed by atoms with Crippen molar-refractivity contribution in [2.24, 2.45) is 5.73 Å². The number of carbonyl (C=O) groups is 1. The maximum Gasteiger partial charge on any atom is 0.266 e. The van der Waals surface area contributed by atoms with E-state index in [1.54, 1.807) is 19.2 Å². The standard InChI is InChI=1S/C20H21ClN4O3/c1-12(26)16(20-24-11-17(25-20)19(22)27)7-8-28-15-4-2-3-13(9-15)14-5-6-18(21)23-10-14/h2-6,9-12,16,26H,7-8H2,1H3,(H2,22,27)(H,24,25)/t12-,16-/m0/s1. The molecular weight excluding hydrogens is 380 g/mol. The van der Waals surface area contributed by atoms with Gasteiger partial charge in [-0.25, -0.2) is 9.97 Å². The number of pyridine rings is 1. The number of nitrogens with one attached hydrogen (secondary N) is 1. The number of rotatable bonds is 8.